The van der Waals surface area contributed by atoms with Crippen molar-refractivity contribution in [1.82, 2.24) is 5.32 Å². The molecular formula is C13H19ClN2O2. The molecule has 5 heteroatoms. The molecule has 100 valence electrons. The number of nitrogens with two attached hydrogens (primary N) is 1. The molecule has 0 heterocycles. The van der Waals surface area contributed by atoms with E-state index in [0.717, 1.165) is 6.42 Å². The number of halogens is 1. The van der Waals surface area contributed by atoms with Crippen LogP contribution in [0.4, 0.5) is 5.69 Å². The molecule has 0 aliphatic heterocycles. The van der Waals surface area contributed by atoms with Crippen LogP contribution in [-0.2, 0) is 4.74 Å². The van der Waals surface area contributed by atoms with Crippen molar-refractivity contribution < 1.29 is 9.53 Å². The monoisotopic (exact) mass is 270 g/mol. The lowest BCUT2D eigenvalue weighted by molar-refractivity contribution is 0.0506. The molecule has 0 spiro atoms. The van der Waals surface area contributed by atoms with Crippen LogP contribution in [0.1, 0.15) is 30.6 Å². The molecule has 0 saturated heterocycles. The van der Waals surface area contributed by atoms with E-state index in [-0.39, 0.29) is 0 Å². The van der Waals surface area contributed by atoms with Crippen LogP contribution in [0.2, 0.25) is 5.02 Å². The van der Waals surface area contributed by atoms with Crippen LogP contribution in [0.25, 0.3) is 0 Å². The first kappa shape index (κ1) is 14.8. The number of esters is 1. The van der Waals surface area contributed by atoms with Gasteiger partial charge in [-0.05, 0) is 31.5 Å². The Morgan fingerprint density at radius 2 is 2.28 bits per heavy atom. The Labute approximate surface area is 112 Å². The molecule has 0 fully saturated rings. The van der Waals surface area contributed by atoms with Crippen LogP contribution in [0.3, 0.4) is 0 Å². The number of nitrogen functional groups attached to an aromatic ring is 1. The molecule has 0 aliphatic rings. The first-order valence-electron chi connectivity index (χ1n) is 6.00. The number of hydrogen-bond donors (Lipinski definition) is 2. The summed E-state index contributed by atoms with van der Waals surface area (Å²) in [4.78, 5) is 11.7. The van der Waals surface area contributed by atoms with Crippen LogP contribution < -0.4 is 11.1 Å². The molecule has 3 N–H and O–H groups in total. The van der Waals surface area contributed by atoms with Crippen LogP contribution in [-0.4, -0.2) is 25.2 Å². The number of benzene rings is 1. The summed E-state index contributed by atoms with van der Waals surface area (Å²) in [5.74, 6) is -0.425. The molecule has 1 aromatic rings. The van der Waals surface area contributed by atoms with Crippen molar-refractivity contribution >= 4 is 23.3 Å². The maximum absolute atomic E-state index is 11.7. The SMILES string of the molecule is CCC(C)NCCOC(=O)c1ccc(N)cc1Cl. The summed E-state index contributed by atoms with van der Waals surface area (Å²) in [5.41, 5.74) is 6.42. The normalized spacial score (nSPS) is 12.2. The molecule has 0 aliphatic carbocycles. The van der Waals surface area contributed by atoms with Gasteiger partial charge in [0.05, 0.1) is 10.6 Å². The average molecular weight is 271 g/mol. The lowest BCUT2D eigenvalue weighted by Crippen LogP contribution is -2.29. The summed E-state index contributed by atoms with van der Waals surface area (Å²) >= 11 is 5.91. The number of carbonyl (C=O) groups excluding carboxylic acids is 1. The third kappa shape index (κ3) is 4.55. The first-order chi connectivity index (χ1) is 8.54. The van der Waals surface area contributed by atoms with E-state index in [1.54, 1.807) is 12.1 Å². The van der Waals surface area contributed by atoms with Gasteiger partial charge in [-0.25, -0.2) is 4.79 Å². The second kappa shape index (κ2) is 7.24. The van der Waals surface area contributed by atoms with E-state index in [4.69, 9.17) is 22.1 Å². The molecule has 0 saturated carbocycles. The predicted molar refractivity (Wildman–Crippen MR) is 73.9 cm³/mol. The molecule has 1 aromatic carbocycles. The topological polar surface area (TPSA) is 64.3 Å². The smallest absolute Gasteiger partial charge is 0.339 e. The van der Waals surface area contributed by atoms with E-state index in [0.29, 0.717) is 35.5 Å². The molecule has 4 nitrogen and oxygen atoms in total. The minimum absolute atomic E-state index is 0.315. The van der Waals surface area contributed by atoms with E-state index in [1.807, 2.05) is 0 Å². The summed E-state index contributed by atoms with van der Waals surface area (Å²) in [7, 11) is 0. The van der Waals surface area contributed by atoms with Gasteiger partial charge in [-0.2, -0.15) is 0 Å². The standard InChI is InChI=1S/C13H19ClN2O2/c1-3-9(2)16-6-7-18-13(17)11-5-4-10(15)8-12(11)14/h4-5,8-9,16H,3,6-7,15H2,1-2H3. The Kier molecular flexibility index (Phi) is 5.95. The lowest BCUT2D eigenvalue weighted by Gasteiger charge is -2.11. The highest BCUT2D eigenvalue weighted by molar-refractivity contribution is 6.33. The molecular weight excluding hydrogens is 252 g/mol. The second-order valence-electron chi connectivity index (χ2n) is 4.14. The van der Waals surface area contributed by atoms with Gasteiger partial charge in [0.2, 0.25) is 0 Å². The second-order valence-corrected chi connectivity index (χ2v) is 4.55. The van der Waals surface area contributed by atoms with Gasteiger partial charge in [0.15, 0.2) is 0 Å². The Morgan fingerprint density at radius 3 is 2.89 bits per heavy atom. The Morgan fingerprint density at radius 1 is 1.56 bits per heavy atom. The van der Waals surface area contributed by atoms with Gasteiger partial charge in [0.1, 0.15) is 6.61 Å². The lowest BCUT2D eigenvalue weighted by atomic mass is 10.2. The zero-order chi connectivity index (χ0) is 13.5. The fourth-order valence-corrected chi connectivity index (χ4v) is 1.63. The Balaban J connectivity index is 2.41. The van der Waals surface area contributed by atoms with E-state index >= 15 is 0 Å². The van der Waals surface area contributed by atoms with Gasteiger partial charge in [-0.3, -0.25) is 0 Å². The van der Waals surface area contributed by atoms with Gasteiger partial charge in [0.25, 0.3) is 0 Å². The molecule has 0 bridgehead atoms. The van der Waals surface area contributed by atoms with Crippen molar-refractivity contribution in [2.45, 2.75) is 26.3 Å². The highest BCUT2D eigenvalue weighted by atomic mass is 35.5. The third-order valence-corrected chi connectivity index (χ3v) is 2.97. The number of anilines is 1. The van der Waals surface area contributed by atoms with Crippen molar-refractivity contribution in [2.75, 3.05) is 18.9 Å². The summed E-state index contributed by atoms with van der Waals surface area (Å²) < 4.78 is 5.12. The zero-order valence-corrected chi connectivity index (χ0v) is 11.5. The van der Waals surface area contributed by atoms with Crippen molar-refractivity contribution in [3.63, 3.8) is 0 Å². The molecule has 1 rings (SSSR count). The molecule has 18 heavy (non-hydrogen) atoms. The van der Waals surface area contributed by atoms with E-state index < -0.39 is 5.97 Å². The van der Waals surface area contributed by atoms with Crippen molar-refractivity contribution in [2.24, 2.45) is 0 Å². The van der Waals surface area contributed by atoms with Gasteiger partial charge < -0.3 is 15.8 Å². The fourth-order valence-electron chi connectivity index (χ4n) is 1.37. The number of hydrogen-bond acceptors (Lipinski definition) is 4. The van der Waals surface area contributed by atoms with Gasteiger partial charge in [-0.1, -0.05) is 18.5 Å². The van der Waals surface area contributed by atoms with Crippen LogP contribution in [0.15, 0.2) is 18.2 Å². The summed E-state index contributed by atoms with van der Waals surface area (Å²) in [6, 6.07) is 5.15. The Bertz CT molecular complexity index is 410. The first-order valence-corrected chi connectivity index (χ1v) is 6.38. The minimum Gasteiger partial charge on any atom is -0.461 e. The molecule has 0 radical (unpaired) electrons. The molecule has 0 amide bonds. The van der Waals surface area contributed by atoms with Crippen LogP contribution in [0.5, 0.6) is 0 Å². The van der Waals surface area contributed by atoms with E-state index in [2.05, 4.69) is 19.2 Å². The number of ether oxygens (including phenoxy) is 1. The molecule has 0 aromatic heterocycles. The van der Waals surface area contributed by atoms with E-state index in [1.165, 1.54) is 6.07 Å². The Hall–Kier alpha value is -1.26. The quantitative estimate of drug-likeness (QED) is 0.473. The zero-order valence-electron chi connectivity index (χ0n) is 10.7. The number of carbonyl (C=O) groups is 1. The fraction of sp³-hybridized carbons (Fsp3) is 0.462. The number of rotatable bonds is 6. The third-order valence-electron chi connectivity index (χ3n) is 2.65. The van der Waals surface area contributed by atoms with E-state index in [9.17, 15) is 4.79 Å². The minimum atomic E-state index is -0.425. The van der Waals surface area contributed by atoms with Gasteiger partial charge in [-0.15, -0.1) is 0 Å². The number of nitrogens with one attached hydrogen (secondary N) is 1. The summed E-state index contributed by atoms with van der Waals surface area (Å²) in [6.45, 7) is 5.13. The largest absolute Gasteiger partial charge is 0.461 e. The van der Waals surface area contributed by atoms with Gasteiger partial charge >= 0.3 is 5.97 Å². The van der Waals surface area contributed by atoms with Crippen molar-refractivity contribution in [3.05, 3.63) is 28.8 Å². The van der Waals surface area contributed by atoms with Crippen molar-refractivity contribution in [1.29, 1.82) is 0 Å². The predicted octanol–water partition coefficient (Wildman–Crippen LogP) is 2.47. The van der Waals surface area contributed by atoms with Gasteiger partial charge in [0, 0.05) is 18.3 Å². The average Bonchev–Trinajstić information content (AvgIpc) is 2.34. The summed E-state index contributed by atoms with van der Waals surface area (Å²) in [6.07, 6.45) is 1.04. The van der Waals surface area contributed by atoms with Crippen molar-refractivity contribution in [3.8, 4) is 0 Å². The maximum Gasteiger partial charge on any atom is 0.339 e. The highest BCUT2D eigenvalue weighted by Crippen LogP contribution is 2.19. The summed E-state index contributed by atoms with van der Waals surface area (Å²) in [5, 5.41) is 3.55. The highest BCUT2D eigenvalue weighted by Gasteiger charge is 2.11. The maximum atomic E-state index is 11.7. The molecule has 1 atom stereocenters. The van der Waals surface area contributed by atoms with Crippen LogP contribution >= 0.6 is 11.6 Å². The molecule has 1 unspecified atom stereocenters. The van der Waals surface area contributed by atoms with Crippen LogP contribution in [0, 0.1) is 0 Å².